The summed E-state index contributed by atoms with van der Waals surface area (Å²) in [6.07, 6.45) is 1.77. The summed E-state index contributed by atoms with van der Waals surface area (Å²) in [6, 6.07) is 20.6. The molecule has 0 bridgehead atoms. The topological polar surface area (TPSA) is 75.7 Å². The van der Waals surface area contributed by atoms with Crippen molar-refractivity contribution < 1.29 is 17.9 Å². The van der Waals surface area contributed by atoms with Crippen LogP contribution in [0.15, 0.2) is 66.7 Å². The van der Waals surface area contributed by atoms with Crippen molar-refractivity contribution >= 4 is 27.3 Å². The van der Waals surface area contributed by atoms with Crippen molar-refractivity contribution in [3.8, 4) is 5.75 Å². The average molecular weight is 437 g/mol. The predicted molar refractivity (Wildman–Crippen MR) is 122 cm³/mol. The largest absolute Gasteiger partial charge is 0.487 e. The molecule has 1 amide bonds. The fourth-order valence-corrected chi connectivity index (χ4v) is 4.60. The van der Waals surface area contributed by atoms with Gasteiger partial charge < -0.3 is 10.1 Å². The molecule has 0 atom stereocenters. The first kappa shape index (κ1) is 20.9. The molecular formula is C24H24N2O4S. The first-order valence-electron chi connectivity index (χ1n) is 10.0. The highest BCUT2D eigenvalue weighted by molar-refractivity contribution is 7.92. The van der Waals surface area contributed by atoms with Gasteiger partial charge in [0.1, 0.15) is 12.4 Å². The number of carbonyl (C=O) groups excluding carboxylic acids is 1. The van der Waals surface area contributed by atoms with E-state index >= 15 is 0 Å². The molecule has 0 aliphatic carbocycles. The van der Waals surface area contributed by atoms with Gasteiger partial charge in [-0.1, -0.05) is 36.4 Å². The van der Waals surface area contributed by atoms with Crippen LogP contribution in [0.3, 0.4) is 0 Å². The average Bonchev–Trinajstić information content (AvgIpc) is 3.18. The zero-order valence-electron chi connectivity index (χ0n) is 17.5. The first-order valence-corrected chi connectivity index (χ1v) is 11.9. The van der Waals surface area contributed by atoms with Crippen LogP contribution >= 0.6 is 0 Å². The van der Waals surface area contributed by atoms with E-state index in [2.05, 4.69) is 5.32 Å². The van der Waals surface area contributed by atoms with E-state index in [1.54, 1.807) is 18.2 Å². The number of nitrogens with zero attached hydrogens (tertiary/aromatic N) is 1. The molecule has 3 aromatic carbocycles. The number of hydrogen-bond donors (Lipinski definition) is 1. The molecule has 1 aliphatic heterocycles. The Morgan fingerprint density at radius 3 is 2.58 bits per heavy atom. The Bertz CT molecular complexity index is 1220. The van der Waals surface area contributed by atoms with Gasteiger partial charge in [0.2, 0.25) is 10.0 Å². The fourth-order valence-electron chi connectivity index (χ4n) is 3.64. The Kier molecular flexibility index (Phi) is 5.69. The van der Waals surface area contributed by atoms with Crippen molar-refractivity contribution in [1.82, 2.24) is 0 Å². The lowest BCUT2D eigenvalue weighted by molar-refractivity contribution is 0.102. The smallest absolute Gasteiger partial charge is 0.255 e. The van der Waals surface area contributed by atoms with E-state index in [4.69, 9.17) is 4.74 Å². The third-order valence-corrected chi connectivity index (χ3v) is 6.40. The maximum absolute atomic E-state index is 12.9. The number of fused-ring (bicyclic) bond motifs is 1. The molecule has 0 fully saturated rings. The minimum absolute atomic E-state index is 0.269. The van der Waals surface area contributed by atoms with Crippen molar-refractivity contribution in [3.05, 3.63) is 89.0 Å². The van der Waals surface area contributed by atoms with Crippen LogP contribution in [-0.2, 0) is 23.1 Å². The monoisotopic (exact) mass is 436 g/mol. The second-order valence-electron chi connectivity index (χ2n) is 7.66. The van der Waals surface area contributed by atoms with Crippen molar-refractivity contribution in [2.45, 2.75) is 20.0 Å². The Hall–Kier alpha value is -3.32. The van der Waals surface area contributed by atoms with Crippen molar-refractivity contribution in [1.29, 1.82) is 0 Å². The van der Waals surface area contributed by atoms with E-state index < -0.39 is 10.0 Å². The number of amides is 1. The fraction of sp³-hybridized carbons (Fsp3) is 0.208. The van der Waals surface area contributed by atoms with Crippen LogP contribution in [0, 0.1) is 6.92 Å². The van der Waals surface area contributed by atoms with Gasteiger partial charge in [-0.05, 0) is 60.4 Å². The Labute approximate surface area is 182 Å². The van der Waals surface area contributed by atoms with Crippen LogP contribution in [0.4, 0.5) is 11.4 Å². The van der Waals surface area contributed by atoms with Crippen LogP contribution in [0.1, 0.15) is 27.0 Å². The van der Waals surface area contributed by atoms with E-state index in [1.165, 1.54) is 10.6 Å². The molecule has 0 radical (unpaired) electrons. The van der Waals surface area contributed by atoms with Gasteiger partial charge in [0.15, 0.2) is 0 Å². The second kappa shape index (κ2) is 8.43. The number of ether oxygens (including phenoxy) is 1. The number of anilines is 2. The second-order valence-corrected chi connectivity index (χ2v) is 9.56. The van der Waals surface area contributed by atoms with Gasteiger partial charge in [0.05, 0.1) is 17.6 Å². The molecule has 1 aliphatic rings. The summed E-state index contributed by atoms with van der Waals surface area (Å²) in [5, 5.41) is 2.93. The van der Waals surface area contributed by atoms with E-state index in [9.17, 15) is 13.2 Å². The third-order valence-electron chi connectivity index (χ3n) is 5.22. The molecule has 31 heavy (non-hydrogen) atoms. The molecule has 1 heterocycles. The SMILES string of the molecule is Cc1ccc(NC(=O)c2ccc3c(c2)CCN3S(C)(=O)=O)c(OCc2ccccc2)c1. The lowest BCUT2D eigenvalue weighted by Crippen LogP contribution is -2.27. The van der Waals surface area contributed by atoms with Crippen molar-refractivity contribution in [3.63, 3.8) is 0 Å². The van der Waals surface area contributed by atoms with Crippen LogP contribution in [0.25, 0.3) is 0 Å². The number of nitrogens with one attached hydrogen (secondary N) is 1. The molecule has 0 aromatic heterocycles. The van der Waals surface area contributed by atoms with Gasteiger partial charge in [-0.15, -0.1) is 0 Å². The van der Waals surface area contributed by atoms with Crippen LogP contribution in [-0.4, -0.2) is 27.1 Å². The van der Waals surface area contributed by atoms with Crippen LogP contribution < -0.4 is 14.4 Å². The summed E-state index contributed by atoms with van der Waals surface area (Å²) < 4.78 is 31.2. The zero-order valence-corrected chi connectivity index (χ0v) is 18.3. The quantitative estimate of drug-likeness (QED) is 0.630. The number of hydrogen-bond acceptors (Lipinski definition) is 4. The van der Waals surface area contributed by atoms with E-state index in [1.807, 2.05) is 55.5 Å². The molecule has 7 heteroatoms. The minimum atomic E-state index is -3.32. The highest BCUT2D eigenvalue weighted by Gasteiger charge is 2.26. The lowest BCUT2D eigenvalue weighted by Gasteiger charge is -2.17. The Balaban J connectivity index is 1.53. The van der Waals surface area contributed by atoms with E-state index in [-0.39, 0.29) is 5.91 Å². The highest BCUT2D eigenvalue weighted by Crippen LogP contribution is 2.32. The molecule has 6 nitrogen and oxygen atoms in total. The molecule has 0 spiro atoms. The first-order chi connectivity index (χ1) is 14.8. The van der Waals surface area contributed by atoms with Gasteiger partial charge >= 0.3 is 0 Å². The Morgan fingerprint density at radius 1 is 1.06 bits per heavy atom. The molecule has 3 aromatic rings. The summed E-state index contributed by atoms with van der Waals surface area (Å²) in [5.74, 6) is 0.329. The van der Waals surface area contributed by atoms with E-state index in [0.717, 1.165) is 16.7 Å². The minimum Gasteiger partial charge on any atom is -0.487 e. The maximum Gasteiger partial charge on any atom is 0.255 e. The zero-order chi connectivity index (χ0) is 22.0. The molecule has 0 saturated heterocycles. The van der Waals surface area contributed by atoms with Gasteiger partial charge in [0, 0.05) is 12.1 Å². The summed E-state index contributed by atoms with van der Waals surface area (Å²) in [7, 11) is -3.32. The molecule has 160 valence electrons. The summed E-state index contributed by atoms with van der Waals surface area (Å²) in [4.78, 5) is 12.9. The van der Waals surface area contributed by atoms with E-state index in [0.29, 0.717) is 42.3 Å². The summed E-state index contributed by atoms with van der Waals surface area (Å²) >= 11 is 0. The van der Waals surface area contributed by atoms with Gasteiger partial charge in [-0.25, -0.2) is 8.42 Å². The van der Waals surface area contributed by atoms with Crippen LogP contribution in [0.2, 0.25) is 0 Å². The third kappa shape index (κ3) is 4.72. The summed E-state index contributed by atoms with van der Waals surface area (Å²) in [6.45, 7) is 2.76. The van der Waals surface area contributed by atoms with Gasteiger partial charge in [0.25, 0.3) is 5.91 Å². The number of sulfonamides is 1. The number of benzene rings is 3. The highest BCUT2D eigenvalue weighted by atomic mass is 32.2. The van der Waals surface area contributed by atoms with Gasteiger partial charge in [-0.2, -0.15) is 0 Å². The Morgan fingerprint density at radius 2 is 1.84 bits per heavy atom. The number of carbonyl (C=O) groups is 1. The van der Waals surface area contributed by atoms with Crippen molar-refractivity contribution in [2.75, 3.05) is 22.4 Å². The molecule has 1 N–H and O–H groups in total. The normalized spacial score (nSPS) is 13.0. The summed E-state index contributed by atoms with van der Waals surface area (Å²) in [5.41, 5.74) is 4.62. The molecular weight excluding hydrogens is 412 g/mol. The molecule has 0 unspecified atom stereocenters. The standard InChI is InChI=1S/C24H24N2O4S/c1-17-8-10-21(23(14-17)30-16-18-6-4-3-5-7-18)25-24(27)20-9-11-22-19(15-20)12-13-26(22)31(2,28)29/h3-11,14-15H,12-13,16H2,1-2H3,(H,25,27). The van der Waals surface area contributed by atoms with Gasteiger partial charge in [-0.3, -0.25) is 9.10 Å². The maximum atomic E-state index is 12.9. The number of rotatable bonds is 6. The molecule has 4 rings (SSSR count). The van der Waals surface area contributed by atoms with Crippen LogP contribution in [0.5, 0.6) is 5.75 Å². The lowest BCUT2D eigenvalue weighted by atomic mass is 10.1. The predicted octanol–water partition coefficient (Wildman–Crippen LogP) is 4.15. The van der Waals surface area contributed by atoms with Crippen molar-refractivity contribution in [2.24, 2.45) is 0 Å². The number of aryl methyl sites for hydroxylation is 1. The molecule has 0 saturated carbocycles.